The van der Waals surface area contributed by atoms with Crippen molar-refractivity contribution in [2.45, 2.75) is 26.2 Å². The van der Waals surface area contributed by atoms with Gasteiger partial charge in [0.05, 0.1) is 5.69 Å². The molecule has 0 fully saturated rings. The van der Waals surface area contributed by atoms with Gasteiger partial charge in [0.1, 0.15) is 16.7 Å². The lowest BCUT2D eigenvalue weighted by atomic mass is 9.44. The third kappa shape index (κ3) is 4.35. The van der Waals surface area contributed by atoms with Gasteiger partial charge < -0.3 is 18.2 Å². The van der Waals surface area contributed by atoms with Crippen LogP contribution >= 0.6 is 0 Å². The van der Waals surface area contributed by atoms with Crippen LogP contribution in [0.1, 0.15) is 26.3 Å². The predicted octanol–water partition coefficient (Wildman–Crippen LogP) is 14.1. The van der Waals surface area contributed by atoms with Gasteiger partial charge in [0.25, 0.3) is 0 Å². The molecule has 0 unspecified atom stereocenters. The fraction of sp³-hybridized carbons (Fsp3) is 0.0714. The van der Waals surface area contributed by atoms with Gasteiger partial charge in [-0.05, 0) is 91.8 Å². The summed E-state index contributed by atoms with van der Waals surface area (Å²) in [6.07, 6.45) is 0. The molecule has 4 nitrogen and oxygen atoms in total. The smallest absolute Gasteiger partial charge is 0.333 e. The second-order valence-electron chi connectivity index (χ2n) is 18.0. The highest BCUT2D eigenvalue weighted by Gasteiger charge is 2.45. The highest BCUT2D eigenvalue weighted by Crippen LogP contribution is 2.52. The van der Waals surface area contributed by atoms with Crippen molar-refractivity contribution >= 4 is 111 Å². The molecule has 0 radical (unpaired) electrons. The average Bonchev–Trinajstić information content (AvgIpc) is 3.97. The van der Waals surface area contributed by atoms with E-state index < -0.39 is 0 Å². The number of para-hydroxylation sites is 3. The predicted molar refractivity (Wildman–Crippen MR) is 256 cm³/mol. The number of aromatic nitrogens is 1. The molecular weight excluding hydrogens is 743 g/mol. The van der Waals surface area contributed by atoms with E-state index in [0.29, 0.717) is 0 Å². The van der Waals surface area contributed by atoms with Crippen LogP contribution < -0.4 is 15.8 Å². The Labute approximate surface area is 351 Å². The van der Waals surface area contributed by atoms with E-state index in [-0.39, 0.29) is 12.3 Å². The lowest BCUT2D eigenvalue weighted by molar-refractivity contribution is 0.591. The van der Waals surface area contributed by atoms with Gasteiger partial charge in [0.15, 0.2) is 5.58 Å². The van der Waals surface area contributed by atoms with E-state index in [2.05, 4.69) is 200 Å². The summed E-state index contributed by atoms with van der Waals surface area (Å²) < 4.78 is 16.5. The van der Waals surface area contributed by atoms with Crippen molar-refractivity contribution in [1.29, 1.82) is 0 Å². The number of nitrogens with zero attached hydrogens (tertiary/aromatic N) is 2. The zero-order valence-corrected chi connectivity index (χ0v) is 34.0. The highest BCUT2D eigenvalue weighted by molar-refractivity contribution is 6.90. The fourth-order valence-electron chi connectivity index (χ4n) is 11.0. The first-order valence-electron chi connectivity index (χ1n) is 21.3. The number of benzene rings is 9. The molecule has 9 aromatic carbocycles. The molecule has 0 saturated heterocycles. The zero-order chi connectivity index (χ0) is 40.3. The molecule has 0 saturated carbocycles. The SMILES string of the molecule is CC(C)(C)c1cc2c3c(c1)c1c4ccccc4ccc1n3B1c3ccc(-c4ccccc4)cc3N(c3cccc4c3oc3ccccc34)c3cc4oc5ccccc5c4c-2c31. The Hall–Kier alpha value is -7.50. The van der Waals surface area contributed by atoms with Crippen molar-refractivity contribution in [1.82, 2.24) is 4.48 Å². The van der Waals surface area contributed by atoms with Crippen LogP contribution in [-0.2, 0) is 5.41 Å². The summed E-state index contributed by atoms with van der Waals surface area (Å²) in [4.78, 5) is 2.48. The van der Waals surface area contributed by atoms with Crippen LogP contribution in [0, 0.1) is 0 Å². The van der Waals surface area contributed by atoms with E-state index in [4.69, 9.17) is 8.83 Å². The van der Waals surface area contributed by atoms with Crippen LogP contribution in [0.3, 0.4) is 0 Å². The molecule has 2 aliphatic heterocycles. The van der Waals surface area contributed by atoms with Gasteiger partial charge in [0, 0.05) is 66.4 Å². The number of fused-ring (bicyclic) bond motifs is 16. The van der Waals surface area contributed by atoms with Crippen molar-refractivity contribution in [3.05, 3.63) is 175 Å². The maximum absolute atomic E-state index is 6.96. The van der Waals surface area contributed by atoms with E-state index in [1.165, 1.54) is 71.1 Å². The van der Waals surface area contributed by atoms with Crippen molar-refractivity contribution in [2.75, 3.05) is 4.90 Å². The van der Waals surface area contributed by atoms with Gasteiger partial charge in [-0.15, -0.1) is 0 Å². The standard InChI is InChI=1S/C56H37BN2O2/c1-56(2,3)35-29-40-50-36-17-8-7-16-33(36)25-27-43(50)59-54(40)41(30-35)52-51-39-19-10-12-23-48(39)60-49(51)31-46-53(52)57(59)42-26-24-34(32-14-5-4-6-15-32)28-45(42)58(46)44-21-13-20-38-37-18-9-11-22-47(37)61-55(38)44/h4-31H,1-3H3. The molecular formula is C56H37BN2O2. The molecule has 0 bridgehead atoms. The fourth-order valence-corrected chi connectivity index (χ4v) is 11.0. The maximum Gasteiger partial charge on any atom is 0.333 e. The minimum atomic E-state index is -0.136. The Morgan fingerprint density at radius 3 is 2.07 bits per heavy atom. The van der Waals surface area contributed by atoms with E-state index >= 15 is 0 Å². The molecule has 0 spiro atoms. The van der Waals surface area contributed by atoms with Gasteiger partial charge in [0.2, 0.25) is 0 Å². The minimum Gasteiger partial charge on any atom is -0.456 e. The van der Waals surface area contributed by atoms with Crippen molar-refractivity contribution < 1.29 is 8.83 Å². The van der Waals surface area contributed by atoms with Crippen LogP contribution in [0.25, 0.3) is 98.7 Å². The van der Waals surface area contributed by atoms with E-state index in [1.807, 2.05) is 0 Å². The van der Waals surface area contributed by atoms with Crippen LogP contribution in [0.4, 0.5) is 17.1 Å². The molecule has 12 aromatic rings. The lowest BCUT2D eigenvalue weighted by Crippen LogP contribution is -2.56. The minimum absolute atomic E-state index is 0.101. The molecule has 61 heavy (non-hydrogen) atoms. The first-order chi connectivity index (χ1) is 29.9. The van der Waals surface area contributed by atoms with Gasteiger partial charge in [-0.1, -0.05) is 142 Å². The Morgan fingerprint density at radius 2 is 1.23 bits per heavy atom. The molecule has 0 aliphatic carbocycles. The molecule has 2 aliphatic rings. The van der Waals surface area contributed by atoms with Crippen molar-refractivity contribution in [3.63, 3.8) is 0 Å². The lowest BCUT2D eigenvalue weighted by Gasteiger charge is -2.41. The normalized spacial score (nSPS) is 13.4. The van der Waals surface area contributed by atoms with E-state index in [9.17, 15) is 0 Å². The van der Waals surface area contributed by atoms with Crippen LogP contribution in [0.15, 0.2) is 179 Å². The quantitative estimate of drug-likeness (QED) is 0.164. The number of hydrogen-bond donors (Lipinski definition) is 0. The summed E-state index contributed by atoms with van der Waals surface area (Å²) in [6.45, 7) is 6.87. The first kappa shape index (κ1) is 33.3. The summed E-state index contributed by atoms with van der Waals surface area (Å²) in [5.41, 5.74) is 17.8. The second kappa shape index (κ2) is 11.6. The third-order valence-electron chi connectivity index (χ3n) is 13.7. The number of anilines is 3. The summed E-state index contributed by atoms with van der Waals surface area (Å²) in [5.74, 6) is 0. The molecule has 5 heteroatoms. The molecule has 5 heterocycles. The molecule has 286 valence electrons. The monoisotopic (exact) mass is 780 g/mol. The number of furan rings is 2. The summed E-state index contributed by atoms with van der Waals surface area (Å²) >= 11 is 0. The summed E-state index contributed by atoms with van der Waals surface area (Å²) in [6, 6.07) is 62.3. The number of hydrogen-bond acceptors (Lipinski definition) is 3. The molecule has 3 aromatic heterocycles. The number of rotatable bonds is 2. The summed E-state index contributed by atoms with van der Waals surface area (Å²) in [7, 11) is 0. The van der Waals surface area contributed by atoms with Gasteiger partial charge >= 0.3 is 6.85 Å². The Kier molecular flexibility index (Phi) is 6.35. The second-order valence-corrected chi connectivity index (χ2v) is 18.0. The topological polar surface area (TPSA) is 34.5 Å². The van der Waals surface area contributed by atoms with E-state index in [0.717, 1.165) is 61.1 Å². The third-order valence-corrected chi connectivity index (χ3v) is 13.7. The zero-order valence-electron chi connectivity index (χ0n) is 34.0. The van der Waals surface area contributed by atoms with Gasteiger partial charge in [-0.2, -0.15) is 0 Å². The first-order valence-corrected chi connectivity index (χ1v) is 21.3. The average molecular weight is 781 g/mol. The largest absolute Gasteiger partial charge is 0.456 e. The van der Waals surface area contributed by atoms with E-state index in [1.54, 1.807) is 0 Å². The Balaban J connectivity index is 1.22. The summed E-state index contributed by atoms with van der Waals surface area (Å²) in [5, 5.41) is 9.63. The maximum atomic E-state index is 6.96. The van der Waals surface area contributed by atoms with Crippen LogP contribution in [-0.4, -0.2) is 11.3 Å². The Bertz CT molecular complexity index is 3880. The molecule has 0 N–H and O–H groups in total. The Morgan fingerprint density at radius 1 is 0.492 bits per heavy atom. The van der Waals surface area contributed by atoms with Crippen molar-refractivity contribution in [2.24, 2.45) is 0 Å². The molecule has 14 rings (SSSR count). The van der Waals surface area contributed by atoms with Crippen molar-refractivity contribution in [3.8, 4) is 22.3 Å². The van der Waals surface area contributed by atoms with Gasteiger partial charge in [-0.3, -0.25) is 0 Å². The molecule has 0 amide bonds. The molecule has 0 atom stereocenters. The van der Waals surface area contributed by atoms with Gasteiger partial charge in [-0.25, -0.2) is 0 Å². The highest BCUT2D eigenvalue weighted by atomic mass is 16.3. The van der Waals surface area contributed by atoms with Crippen LogP contribution in [0.5, 0.6) is 0 Å². The van der Waals surface area contributed by atoms with Crippen LogP contribution in [0.2, 0.25) is 0 Å².